The van der Waals surface area contributed by atoms with Crippen molar-refractivity contribution in [3.05, 3.63) is 29.8 Å². The number of nitrogen functional groups attached to an aromatic ring is 1. The van der Waals surface area contributed by atoms with Crippen LogP contribution in [0.5, 0.6) is 0 Å². The quantitative estimate of drug-likeness (QED) is 0.736. The Bertz CT molecular complexity index is 626. The molecule has 0 saturated carbocycles. The van der Waals surface area contributed by atoms with Crippen LogP contribution in [0, 0.1) is 11.3 Å². The molecule has 0 aliphatic carbocycles. The number of hydrogen-bond acceptors (Lipinski definition) is 4. The lowest BCUT2D eigenvalue weighted by atomic mass is 9.76. The summed E-state index contributed by atoms with van der Waals surface area (Å²) >= 11 is 0. The number of guanidine groups is 1. The largest absolute Gasteiger partial charge is 0.399 e. The number of anilines is 1. The van der Waals surface area contributed by atoms with Crippen molar-refractivity contribution in [1.29, 1.82) is 5.41 Å². The molecule has 1 aromatic carbocycles. The fourth-order valence-corrected chi connectivity index (χ4v) is 3.87. The average molecular weight is 329 g/mol. The van der Waals surface area contributed by atoms with E-state index in [4.69, 9.17) is 11.1 Å². The zero-order valence-corrected chi connectivity index (χ0v) is 14.5. The van der Waals surface area contributed by atoms with Crippen LogP contribution in [0.3, 0.4) is 0 Å². The van der Waals surface area contributed by atoms with Gasteiger partial charge >= 0.3 is 0 Å². The Hall–Kier alpha value is -2.08. The molecular weight excluding hydrogens is 302 g/mol. The summed E-state index contributed by atoms with van der Waals surface area (Å²) in [4.78, 5) is 16.0. The lowest BCUT2D eigenvalue weighted by molar-refractivity contribution is -0.130. The van der Waals surface area contributed by atoms with Gasteiger partial charge in [0.25, 0.3) is 0 Å². The number of carbonyl (C=O) groups excluding carboxylic acids is 1. The van der Waals surface area contributed by atoms with Gasteiger partial charge in [-0.25, -0.2) is 0 Å². The van der Waals surface area contributed by atoms with E-state index in [2.05, 4.69) is 23.2 Å². The van der Waals surface area contributed by atoms with E-state index in [1.54, 1.807) is 7.05 Å². The van der Waals surface area contributed by atoms with Gasteiger partial charge in [-0.1, -0.05) is 12.1 Å². The molecule has 2 atom stereocenters. The fourth-order valence-electron chi connectivity index (χ4n) is 3.87. The standard InChI is InChI=1S/C18H27N5O/c1-18(10-16(24)22(2)17(20)21-18)14-6-4-8-23(12-14)11-13-5-3-7-15(19)9-13/h3,5,7,9,14H,4,6,8,10-12,19H2,1-2H3,(H2,20,21)/t14?,18-/m0/s1. The van der Waals surface area contributed by atoms with Gasteiger partial charge in [-0.2, -0.15) is 0 Å². The molecule has 2 saturated heterocycles. The molecule has 6 heteroatoms. The second kappa shape index (κ2) is 6.43. The minimum atomic E-state index is -0.338. The number of hydrogen-bond donors (Lipinski definition) is 3. The highest BCUT2D eigenvalue weighted by Gasteiger charge is 2.43. The SMILES string of the molecule is CN1C(=N)N[C@](C)(C2CCCN(Cc3cccc(N)c3)C2)CC1=O. The molecule has 1 unspecified atom stereocenters. The number of amides is 1. The molecule has 0 spiro atoms. The third-order valence-corrected chi connectivity index (χ3v) is 5.40. The van der Waals surface area contributed by atoms with E-state index in [1.165, 1.54) is 10.5 Å². The van der Waals surface area contributed by atoms with Crippen molar-refractivity contribution in [2.75, 3.05) is 25.9 Å². The van der Waals surface area contributed by atoms with Crippen molar-refractivity contribution in [1.82, 2.24) is 15.1 Å². The number of nitrogens with two attached hydrogens (primary N) is 1. The van der Waals surface area contributed by atoms with Crippen molar-refractivity contribution in [3.63, 3.8) is 0 Å². The molecular formula is C18H27N5O. The number of carbonyl (C=O) groups is 1. The number of rotatable bonds is 3. The molecule has 6 nitrogen and oxygen atoms in total. The van der Waals surface area contributed by atoms with Gasteiger partial charge in [0, 0.05) is 25.8 Å². The van der Waals surface area contributed by atoms with Crippen LogP contribution < -0.4 is 11.1 Å². The summed E-state index contributed by atoms with van der Waals surface area (Å²) in [6, 6.07) is 8.03. The number of piperidine rings is 1. The van der Waals surface area contributed by atoms with Crippen LogP contribution in [0.4, 0.5) is 5.69 Å². The lowest BCUT2D eigenvalue weighted by Gasteiger charge is -2.47. The first kappa shape index (κ1) is 16.8. The van der Waals surface area contributed by atoms with Gasteiger partial charge in [-0.15, -0.1) is 0 Å². The molecule has 2 heterocycles. The van der Waals surface area contributed by atoms with Crippen LogP contribution in [-0.4, -0.2) is 47.3 Å². The molecule has 24 heavy (non-hydrogen) atoms. The predicted molar refractivity (Wildman–Crippen MR) is 95.5 cm³/mol. The summed E-state index contributed by atoms with van der Waals surface area (Å²) in [5.74, 6) is 0.584. The highest BCUT2D eigenvalue weighted by Crippen LogP contribution is 2.33. The normalized spacial score (nSPS) is 28.8. The summed E-state index contributed by atoms with van der Waals surface area (Å²) in [5, 5.41) is 11.3. The van der Waals surface area contributed by atoms with Crippen LogP contribution >= 0.6 is 0 Å². The third-order valence-electron chi connectivity index (χ3n) is 5.40. The van der Waals surface area contributed by atoms with Gasteiger partial charge < -0.3 is 11.1 Å². The van der Waals surface area contributed by atoms with Crippen LogP contribution in [0.15, 0.2) is 24.3 Å². The number of benzene rings is 1. The summed E-state index contributed by atoms with van der Waals surface area (Å²) in [6.07, 6.45) is 2.64. The Labute approximate surface area is 143 Å². The van der Waals surface area contributed by atoms with Crippen molar-refractivity contribution < 1.29 is 4.79 Å². The van der Waals surface area contributed by atoms with Gasteiger partial charge in [-0.05, 0) is 49.9 Å². The zero-order chi connectivity index (χ0) is 17.3. The maximum atomic E-state index is 12.2. The number of nitrogens with zero attached hydrogens (tertiary/aromatic N) is 2. The van der Waals surface area contributed by atoms with E-state index in [9.17, 15) is 4.79 Å². The first-order valence-corrected chi connectivity index (χ1v) is 8.57. The summed E-state index contributed by atoms with van der Waals surface area (Å²) < 4.78 is 0. The van der Waals surface area contributed by atoms with E-state index >= 15 is 0 Å². The van der Waals surface area contributed by atoms with Crippen molar-refractivity contribution in [2.45, 2.75) is 38.3 Å². The van der Waals surface area contributed by atoms with Gasteiger partial charge in [-0.3, -0.25) is 20.0 Å². The van der Waals surface area contributed by atoms with E-state index < -0.39 is 0 Å². The van der Waals surface area contributed by atoms with Gasteiger partial charge in [0.2, 0.25) is 5.91 Å². The molecule has 2 aliphatic heterocycles. The second-order valence-electron chi connectivity index (χ2n) is 7.34. The Morgan fingerprint density at radius 1 is 1.46 bits per heavy atom. The smallest absolute Gasteiger partial charge is 0.231 e. The van der Waals surface area contributed by atoms with E-state index in [-0.39, 0.29) is 17.4 Å². The van der Waals surface area contributed by atoms with Gasteiger partial charge in [0.05, 0.1) is 12.0 Å². The minimum Gasteiger partial charge on any atom is -0.399 e. The minimum absolute atomic E-state index is 0.0224. The molecule has 130 valence electrons. The zero-order valence-electron chi connectivity index (χ0n) is 14.5. The summed E-state index contributed by atoms with van der Waals surface area (Å²) in [6.45, 7) is 4.96. The fraction of sp³-hybridized carbons (Fsp3) is 0.556. The van der Waals surface area contributed by atoms with Crippen molar-refractivity contribution in [3.8, 4) is 0 Å². The average Bonchev–Trinajstić information content (AvgIpc) is 2.53. The topological polar surface area (TPSA) is 85.5 Å². The van der Waals surface area contributed by atoms with Crippen LogP contribution in [0.2, 0.25) is 0 Å². The molecule has 4 N–H and O–H groups in total. The number of nitrogens with one attached hydrogen (secondary N) is 2. The first-order valence-electron chi connectivity index (χ1n) is 8.57. The molecule has 1 aromatic rings. The Kier molecular flexibility index (Phi) is 4.49. The number of likely N-dealkylation sites (tertiary alicyclic amines) is 1. The van der Waals surface area contributed by atoms with Crippen LogP contribution in [0.25, 0.3) is 0 Å². The molecule has 2 fully saturated rings. The molecule has 0 radical (unpaired) electrons. The molecule has 2 aliphatic rings. The molecule has 0 aromatic heterocycles. The highest BCUT2D eigenvalue weighted by molar-refractivity contribution is 5.98. The maximum absolute atomic E-state index is 12.2. The van der Waals surface area contributed by atoms with E-state index in [1.807, 2.05) is 18.2 Å². The van der Waals surface area contributed by atoms with Crippen molar-refractivity contribution >= 4 is 17.6 Å². The Morgan fingerprint density at radius 3 is 2.96 bits per heavy atom. The monoisotopic (exact) mass is 329 g/mol. The predicted octanol–water partition coefficient (Wildman–Crippen LogP) is 1.63. The second-order valence-corrected chi connectivity index (χ2v) is 7.34. The van der Waals surface area contributed by atoms with Gasteiger partial charge in [0.1, 0.15) is 0 Å². The Morgan fingerprint density at radius 2 is 2.25 bits per heavy atom. The van der Waals surface area contributed by atoms with E-state index in [0.717, 1.165) is 38.2 Å². The third kappa shape index (κ3) is 3.38. The maximum Gasteiger partial charge on any atom is 0.231 e. The molecule has 1 amide bonds. The first-order chi connectivity index (χ1) is 11.4. The molecule has 3 rings (SSSR count). The molecule has 0 bridgehead atoms. The summed E-state index contributed by atoms with van der Waals surface area (Å²) in [7, 11) is 1.66. The summed E-state index contributed by atoms with van der Waals surface area (Å²) in [5.41, 5.74) is 7.56. The lowest BCUT2D eigenvalue weighted by Crippen LogP contribution is -2.64. The van der Waals surface area contributed by atoms with Crippen LogP contribution in [-0.2, 0) is 11.3 Å². The Balaban J connectivity index is 1.69. The van der Waals surface area contributed by atoms with Crippen LogP contribution in [0.1, 0.15) is 31.7 Å². The van der Waals surface area contributed by atoms with E-state index in [0.29, 0.717) is 12.3 Å². The van der Waals surface area contributed by atoms with Crippen molar-refractivity contribution in [2.24, 2.45) is 5.92 Å². The van der Waals surface area contributed by atoms with Gasteiger partial charge in [0.15, 0.2) is 5.96 Å². The highest BCUT2D eigenvalue weighted by atomic mass is 16.2.